The lowest BCUT2D eigenvalue weighted by molar-refractivity contribution is 0.186. The van der Waals surface area contributed by atoms with Gasteiger partial charge in [0.2, 0.25) is 5.88 Å². The summed E-state index contributed by atoms with van der Waals surface area (Å²) < 4.78 is 7.74. The van der Waals surface area contributed by atoms with Gasteiger partial charge in [0.1, 0.15) is 0 Å². The molecule has 0 saturated heterocycles. The Morgan fingerprint density at radius 2 is 2.10 bits per heavy atom. The molecule has 0 aliphatic heterocycles. The number of rotatable bonds is 8. The maximum atomic E-state index is 5.92. The second-order valence-electron chi connectivity index (χ2n) is 5.44. The third-order valence-corrected chi connectivity index (χ3v) is 3.81. The van der Waals surface area contributed by atoms with Crippen LogP contribution in [0.1, 0.15) is 33.6 Å². The summed E-state index contributed by atoms with van der Waals surface area (Å²) in [7, 11) is 1.99. The molecule has 0 radical (unpaired) electrons. The minimum atomic E-state index is 0.175. The Labute approximate surface area is 127 Å². The fraction of sp³-hybridized carbons (Fsp3) is 0.600. The molecule has 0 amide bonds. The minimum absolute atomic E-state index is 0.175. The van der Waals surface area contributed by atoms with Crippen LogP contribution in [0.25, 0.3) is 5.65 Å². The van der Waals surface area contributed by atoms with E-state index in [9.17, 15) is 0 Å². The molecule has 1 atom stereocenters. The molecule has 0 aliphatic carbocycles. The average molecular weight is 288 g/mol. The Hall–Kier alpha value is -1.56. The van der Waals surface area contributed by atoms with Crippen molar-refractivity contribution in [2.75, 3.05) is 19.6 Å². The fourth-order valence-electron chi connectivity index (χ4n) is 2.44. The first-order valence-corrected chi connectivity index (χ1v) is 7.84. The van der Waals surface area contributed by atoms with Crippen LogP contribution >= 0.6 is 0 Å². The van der Waals surface area contributed by atoms with Gasteiger partial charge < -0.3 is 9.64 Å². The van der Waals surface area contributed by atoms with Crippen LogP contribution in [0.3, 0.4) is 0 Å². The van der Waals surface area contributed by atoms with Gasteiger partial charge in [0.05, 0.1) is 6.10 Å². The molecule has 0 N–H and O–H groups in total. The molecule has 0 aliphatic rings. The van der Waals surface area contributed by atoms with Crippen LogP contribution in [0, 0.1) is 0 Å². The van der Waals surface area contributed by atoms with E-state index in [4.69, 9.17) is 4.74 Å². The quantitative estimate of drug-likeness (QED) is 0.676. The zero-order valence-electron chi connectivity index (χ0n) is 13.5. The van der Waals surface area contributed by atoms with Crippen molar-refractivity contribution >= 4 is 19.1 Å². The number of hydrogen-bond donors (Lipinski definition) is 0. The lowest BCUT2D eigenvalue weighted by Gasteiger charge is -2.19. The van der Waals surface area contributed by atoms with Gasteiger partial charge in [-0.05, 0) is 45.5 Å². The van der Waals surface area contributed by atoms with Gasteiger partial charge in [-0.25, -0.2) is 9.50 Å². The van der Waals surface area contributed by atoms with Crippen molar-refractivity contribution in [3.05, 3.63) is 18.3 Å². The van der Waals surface area contributed by atoms with Gasteiger partial charge in [-0.1, -0.05) is 13.8 Å². The second kappa shape index (κ2) is 7.45. The van der Waals surface area contributed by atoms with Crippen LogP contribution in [-0.2, 0) is 0 Å². The lowest BCUT2D eigenvalue weighted by Crippen LogP contribution is -2.25. The Balaban J connectivity index is 1.86. The summed E-state index contributed by atoms with van der Waals surface area (Å²) in [5, 5.41) is 4.47. The van der Waals surface area contributed by atoms with E-state index in [0.29, 0.717) is 5.88 Å². The van der Waals surface area contributed by atoms with E-state index in [0.717, 1.165) is 43.7 Å². The number of fused-ring (bicyclic) bond motifs is 1. The molecule has 0 spiro atoms. The zero-order chi connectivity index (χ0) is 15.2. The molecule has 2 aromatic heterocycles. The fourth-order valence-corrected chi connectivity index (χ4v) is 2.44. The molecular weight excluding hydrogens is 263 g/mol. The highest BCUT2D eigenvalue weighted by molar-refractivity contribution is 6.30. The average Bonchev–Trinajstić information content (AvgIpc) is 2.85. The van der Waals surface area contributed by atoms with Crippen molar-refractivity contribution in [3.8, 4) is 5.88 Å². The predicted molar refractivity (Wildman–Crippen MR) is 88.3 cm³/mol. The maximum absolute atomic E-state index is 5.92. The molecule has 6 heteroatoms. The van der Waals surface area contributed by atoms with E-state index in [1.165, 1.54) is 0 Å². The van der Waals surface area contributed by atoms with E-state index in [-0.39, 0.29) is 6.10 Å². The standard InChI is InChI=1S/C15H25BN4O/c1-4-19(5-2)10-6-7-12(3)21-15-9-8-14-17-11-13(16)20(14)18-15/h8-9,11-12H,4-7,10,16H2,1-3H3. The number of aromatic nitrogens is 3. The van der Waals surface area contributed by atoms with E-state index in [2.05, 4.69) is 35.8 Å². The monoisotopic (exact) mass is 288 g/mol. The predicted octanol–water partition coefficient (Wildman–Crippen LogP) is 0.877. The van der Waals surface area contributed by atoms with Crippen LogP contribution < -0.4 is 10.3 Å². The van der Waals surface area contributed by atoms with Gasteiger partial charge in [0.15, 0.2) is 13.5 Å². The first-order chi connectivity index (χ1) is 10.1. The third-order valence-electron chi connectivity index (χ3n) is 3.81. The number of imidazole rings is 1. The molecular formula is C15H25BN4O. The van der Waals surface area contributed by atoms with Gasteiger partial charge >= 0.3 is 0 Å². The first-order valence-electron chi connectivity index (χ1n) is 7.84. The molecule has 2 rings (SSSR count). The van der Waals surface area contributed by atoms with Crippen molar-refractivity contribution in [2.24, 2.45) is 0 Å². The normalized spacial score (nSPS) is 13.0. The van der Waals surface area contributed by atoms with E-state index in [1.807, 2.05) is 30.7 Å². The summed E-state index contributed by atoms with van der Waals surface area (Å²) in [4.78, 5) is 6.70. The Bertz CT molecular complexity index is 568. The summed E-state index contributed by atoms with van der Waals surface area (Å²) in [5.41, 5.74) is 1.87. The molecule has 0 bridgehead atoms. The van der Waals surface area contributed by atoms with Gasteiger partial charge in [-0.2, -0.15) is 0 Å². The van der Waals surface area contributed by atoms with Gasteiger partial charge in [-0.3, -0.25) is 0 Å². The van der Waals surface area contributed by atoms with Gasteiger partial charge in [0, 0.05) is 17.9 Å². The highest BCUT2D eigenvalue weighted by Gasteiger charge is 2.08. The van der Waals surface area contributed by atoms with Crippen molar-refractivity contribution in [1.29, 1.82) is 0 Å². The molecule has 21 heavy (non-hydrogen) atoms. The number of nitrogens with zero attached hydrogens (tertiary/aromatic N) is 4. The van der Waals surface area contributed by atoms with Crippen LogP contribution in [0.4, 0.5) is 0 Å². The van der Waals surface area contributed by atoms with Crippen LogP contribution in [0.2, 0.25) is 0 Å². The maximum Gasteiger partial charge on any atom is 0.232 e. The van der Waals surface area contributed by atoms with E-state index < -0.39 is 0 Å². The van der Waals surface area contributed by atoms with Crippen molar-refractivity contribution in [3.63, 3.8) is 0 Å². The second-order valence-corrected chi connectivity index (χ2v) is 5.44. The number of hydrogen-bond acceptors (Lipinski definition) is 4. The van der Waals surface area contributed by atoms with E-state index >= 15 is 0 Å². The topological polar surface area (TPSA) is 42.7 Å². The van der Waals surface area contributed by atoms with Gasteiger partial charge in [-0.15, -0.1) is 5.10 Å². The SMILES string of the molecule is Bc1cnc2ccc(OC(C)CCCN(CC)CC)nn12. The molecule has 0 aromatic carbocycles. The van der Waals surface area contributed by atoms with Crippen LogP contribution in [-0.4, -0.2) is 53.1 Å². The summed E-state index contributed by atoms with van der Waals surface area (Å²) in [6.45, 7) is 9.88. The minimum Gasteiger partial charge on any atom is -0.474 e. The third kappa shape index (κ3) is 4.20. The molecule has 1 unspecified atom stereocenters. The van der Waals surface area contributed by atoms with Gasteiger partial charge in [0.25, 0.3) is 0 Å². The molecule has 2 aromatic rings. The highest BCUT2D eigenvalue weighted by Crippen LogP contribution is 2.11. The largest absolute Gasteiger partial charge is 0.474 e. The molecule has 2 heterocycles. The summed E-state index contributed by atoms with van der Waals surface area (Å²) in [6.07, 6.45) is 4.18. The molecule has 114 valence electrons. The lowest BCUT2D eigenvalue weighted by atomic mass is 10.1. The molecule has 0 saturated carbocycles. The summed E-state index contributed by atoms with van der Waals surface area (Å²) in [5.74, 6) is 0.666. The Morgan fingerprint density at radius 1 is 1.33 bits per heavy atom. The van der Waals surface area contributed by atoms with Crippen molar-refractivity contribution < 1.29 is 4.74 Å². The number of ether oxygens (including phenoxy) is 1. The van der Waals surface area contributed by atoms with E-state index in [1.54, 1.807) is 0 Å². The highest BCUT2D eigenvalue weighted by atomic mass is 16.5. The smallest absolute Gasteiger partial charge is 0.232 e. The van der Waals surface area contributed by atoms with Crippen molar-refractivity contribution in [1.82, 2.24) is 19.5 Å². The first kappa shape index (κ1) is 15.8. The van der Waals surface area contributed by atoms with Crippen LogP contribution in [0.15, 0.2) is 18.3 Å². The molecule has 5 nitrogen and oxygen atoms in total. The zero-order valence-corrected chi connectivity index (χ0v) is 13.5. The van der Waals surface area contributed by atoms with Crippen LogP contribution in [0.5, 0.6) is 5.88 Å². The molecule has 0 fully saturated rings. The summed E-state index contributed by atoms with van der Waals surface area (Å²) in [6, 6.07) is 3.83. The Kier molecular flexibility index (Phi) is 5.62. The summed E-state index contributed by atoms with van der Waals surface area (Å²) >= 11 is 0. The Morgan fingerprint density at radius 3 is 2.81 bits per heavy atom. The van der Waals surface area contributed by atoms with Crippen molar-refractivity contribution in [2.45, 2.75) is 39.7 Å².